The Morgan fingerprint density at radius 1 is 1.10 bits per heavy atom. The Labute approximate surface area is 176 Å². The van der Waals surface area contributed by atoms with Crippen LogP contribution in [-0.4, -0.2) is 30.4 Å². The maximum Gasteiger partial charge on any atom is 0.315 e. The summed E-state index contributed by atoms with van der Waals surface area (Å²) in [7, 11) is 0. The van der Waals surface area contributed by atoms with Crippen LogP contribution in [0, 0.1) is 40.4 Å². The zero-order chi connectivity index (χ0) is 21.0. The molecule has 0 aromatic rings. The normalized spacial score (nSPS) is 42.9. The molecule has 4 nitrogen and oxygen atoms in total. The first kappa shape index (κ1) is 21.4. The third-order valence-corrected chi connectivity index (χ3v) is 8.91. The van der Waals surface area contributed by atoms with Crippen LogP contribution in [0.2, 0.25) is 0 Å². The fourth-order valence-electron chi connectivity index (χ4n) is 7.21. The largest absolute Gasteiger partial charge is 0.431 e. The molecule has 0 saturated heterocycles. The monoisotopic (exact) mass is 404 g/mol. The second kappa shape index (κ2) is 7.67. The molecule has 0 spiro atoms. The molecule has 3 aliphatic carbocycles. The summed E-state index contributed by atoms with van der Waals surface area (Å²) in [6.45, 7) is 13.1. The van der Waals surface area contributed by atoms with E-state index in [9.17, 15) is 9.90 Å². The Bertz CT molecular complexity index is 682. The van der Waals surface area contributed by atoms with Crippen LogP contribution in [-0.2, 0) is 14.3 Å². The number of fused-ring (bicyclic) bond motifs is 4. The Morgan fingerprint density at radius 2 is 1.86 bits per heavy atom. The van der Waals surface area contributed by atoms with Gasteiger partial charge in [0.05, 0.1) is 12.0 Å². The Kier molecular flexibility index (Phi) is 5.65. The molecule has 2 fully saturated rings. The summed E-state index contributed by atoms with van der Waals surface area (Å²) in [4.78, 5) is 13.0. The van der Waals surface area contributed by atoms with Crippen molar-refractivity contribution in [2.24, 2.45) is 40.4 Å². The van der Waals surface area contributed by atoms with Gasteiger partial charge in [-0.2, -0.15) is 0 Å². The van der Waals surface area contributed by atoms with Gasteiger partial charge in [0.2, 0.25) is 0 Å². The fourth-order valence-corrected chi connectivity index (χ4v) is 7.21. The number of aliphatic hydroxyl groups is 1. The van der Waals surface area contributed by atoms with Crippen LogP contribution < -0.4 is 0 Å². The third-order valence-electron chi connectivity index (χ3n) is 8.91. The molecular formula is C25H40O4. The highest BCUT2D eigenvalue weighted by molar-refractivity contribution is 5.77. The smallest absolute Gasteiger partial charge is 0.315 e. The van der Waals surface area contributed by atoms with Crippen molar-refractivity contribution in [3.63, 3.8) is 0 Å². The maximum atomic E-state index is 13.0. The Balaban J connectivity index is 1.57. The van der Waals surface area contributed by atoms with Crippen LogP contribution in [0.3, 0.4) is 0 Å². The number of allylic oxidation sites excluding steroid dienone is 2. The van der Waals surface area contributed by atoms with Crippen molar-refractivity contribution in [3.8, 4) is 0 Å². The molecule has 0 aromatic carbocycles. The van der Waals surface area contributed by atoms with E-state index < -0.39 is 0 Å². The summed E-state index contributed by atoms with van der Waals surface area (Å²) in [6, 6.07) is 0. The van der Waals surface area contributed by atoms with E-state index in [1.54, 1.807) is 0 Å². The number of hydrogen-bond acceptors (Lipinski definition) is 4. The Hall–Kier alpha value is -0.870. The minimum Gasteiger partial charge on any atom is -0.431 e. The predicted molar refractivity (Wildman–Crippen MR) is 113 cm³/mol. The quantitative estimate of drug-likeness (QED) is 0.648. The number of aliphatic hydroxyl groups excluding tert-OH is 1. The number of carbonyl (C=O) groups is 1. The zero-order valence-electron chi connectivity index (χ0n) is 19.0. The first-order chi connectivity index (χ1) is 13.7. The summed E-state index contributed by atoms with van der Waals surface area (Å²) in [5.74, 6) is 2.83. The van der Waals surface area contributed by atoms with Crippen LogP contribution in [0.15, 0.2) is 11.3 Å². The summed E-state index contributed by atoms with van der Waals surface area (Å²) in [5, 5.41) is 10.1. The van der Waals surface area contributed by atoms with Crippen molar-refractivity contribution in [2.45, 2.75) is 85.7 Å². The fraction of sp³-hybridized carbons (Fsp3) is 0.880. The molecule has 2 saturated carbocycles. The van der Waals surface area contributed by atoms with Crippen molar-refractivity contribution >= 4 is 5.97 Å². The molecule has 4 heteroatoms. The average Bonchev–Trinajstić information content (AvgIpc) is 3.00. The highest BCUT2D eigenvalue weighted by Gasteiger charge is 2.59. The molecule has 0 unspecified atom stereocenters. The van der Waals surface area contributed by atoms with Crippen molar-refractivity contribution in [2.75, 3.05) is 13.2 Å². The average molecular weight is 405 g/mol. The summed E-state index contributed by atoms with van der Waals surface area (Å²) >= 11 is 0. The lowest BCUT2D eigenvalue weighted by Gasteiger charge is -2.53. The standard InChI is InChI=1S/C25H40O4/c1-15(2)13-28-14-16(3)18-6-7-19-22-20(9-11-24(18,19)4)25(5)10-8-17(26)12-21(25)23(27)29-22/h15-19,21,26H,6-14H2,1-5H3/t16-,17+,18-,19+,21-,24-,25-/m1/s1. The third kappa shape index (κ3) is 3.48. The Morgan fingerprint density at radius 3 is 2.59 bits per heavy atom. The van der Waals surface area contributed by atoms with Crippen molar-refractivity contribution in [1.82, 2.24) is 0 Å². The molecule has 4 aliphatic rings. The van der Waals surface area contributed by atoms with Gasteiger partial charge in [-0.3, -0.25) is 4.79 Å². The maximum absolute atomic E-state index is 13.0. The highest BCUT2D eigenvalue weighted by Crippen LogP contribution is 2.64. The van der Waals surface area contributed by atoms with Crippen LogP contribution in [0.25, 0.3) is 0 Å². The molecule has 0 bridgehead atoms. The van der Waals surface area contributed by atoms with Gasteiger partial charge in [-0.1, -0.05) is 34.6 Å². The molecule has 7 atom stereocenters. The second-order valence-corrected chi connectivity index (χ2v) is 11.3. The van der Waals surface area contributed by atoms with E-state index in [4.69, 9.17) is 9.47 Å². The molecule has 0 amide bonds. The van der Waals surface area contributed by atoms with E-state index in [1.807, 2.05) is 0 Å². The molecular weight excluding hydrogens is 364 g/mol. The van der Waals surface area contributed by atoms with Crippen LogP contribution in [0.4, 0.5) is 0 Å². The number of hydrogen-bond donors (Lipinski definition) is 1. The van der Waals surface area contributed by atoms with Crippen LogP contribution >= 0.6 is 0 Å². The van der Waals surface area contributed by atoms with Gasteiger partial charge in [-0.25, -0.2) is 0 Å². The van der Waals surface area contributed by atoms with E-state index >= 15 is 0 Å². The zero-order valence-corrected chi connectivity index (χ0v) is 19.0. The van der Waals surface area contributed by atoms with E-state index in [2.05, 4.69) is 34.6 Å². The molecule has 4 rings (SSSR count). The van der Waals surface area contributed by atoms with Gasteiger partial charge in [0.15, 0.2) is 0 Å². The van der Waals surface area contributed by atoms with Gasteiger partial charge in [0, 0.05) is 24.5 Å². The van der Waals surface area contributed by atoms with Gasteiger partial charge in [-0.15, -0.1) is 0 Å². The number of ether oxygens (including phenoxy) is 2. The van der Waals surface area contributed by atoms with Crippen LogP contribution in [0.5, 0.6) is 0 Å². The van der Waals surface area contributed by atoms with E-state index in [0.29, 0.717) is 30.1 Å². The molecule has 0 aromatic heterocycles. The van der Waals surface area contributed by atoms with Gasteiger partial charge in [0.1, 0.15) is 5.76 Å². The van der Waals surface area contributed by atoms with E-state index in [0.717, 1.165) is 44.7 Å². The van der Waals surface area contributed by atoms with E-state index in [-0.39, 0.29) is 28.8 Å². The summed E-state index contributed by atoms with van der Waals surface area (Å²) in [5.41, 5.74) is 1.48. The first-order valence-electron chi connectivity index (χ1n) is 11.9. The van der Waals surface area contributed by atoms with Gasteiger partial charge in [-0.05, 0) is 73.7 Å². The lowest BCUT2D eigenvalue weighted by atomic mass is 9.55. The number of rotatable bonds is 5. The van der Waals surface area contributed by atoms with Crippen molar-refractivity contribution in [3.05, 3.63) is 11.3 Å². The molecule has 1 N–H and O–H groups in total. The molecule has 1 aliphatic heterocycles. The number of esters is 1. The van der Waals surface area contributed by atoms with E-state index in [1.165, 1.54) is 18.4 Å². The molecule has 1 heterocycles. The number of carbonyl (C=O) groups excluding carboxylic acids is 1. The van der Waals surface area contributed by atoms with Gasteiger partial charge < -0.3 is 14.6 Å². The van der Waals surface area contributed by atoms with Gasteiger partial charge in [0.25, 0.3) is 0 Å². The topological polar surface area (TPSA) is 55.8 Å². The lowest BCUT2D eigenvalue weighted by Crippen LogP contribution is -2.50. The molecule has 164 valence electrons. The second-order valence-electron chi connectivity index (χ2n) is 11.3. The summed E-state index contributed by atoms with van der Waals surface area (Å²) < 4.78 is 12.1. The minimum atomic E-state index is -0.362. The highest BCUT2D eigenvalue weighted by atomic mass is 16.5. The van der Waals surface area contributed by atoms with Gasteiger partial charge >= 0.3 is 5.97 Å². The summed E-state index contributed by atoms with van der Waals surface area (Å²) in [6.07, 6.45) is 6.42. The SMILES string of the molecule is CC(C)COC[C@@H](C)[C@H]1CC[C@H]2C3=C(CC[C@]12C)[C@@]1(C)CC[C@H](O)C[C@@H]1C(=O)O3. The van der Waals surface area contributed by atoms with Crippen molar-refractivity contribution in [1.29, 1.82) is 0 Å². The molecule has 0 radical (unpaired) electrons. The first-order valence-corrected chi connectivity index (χ1v) is 11.9. The predicted octanol–water partition coefficient (Wildman–Crippen LogP) is 5.10. The van der Waals surface area contributed by atoms with Crippen LogP contribution in [0.1, 0.15) is 79.6 Å². The minimum absolute atomic E-state index is 0.0917. The lowest BCUT2D eigenvalue weighted by molar-refractivity contribution is -0.159. The molecule has 29 heavy (non-hydrogen) atoms. The van der Waals surface area contributed by atoms with Crippen molar-refractivity contribution < 1.29 is 19.4 Å².